The van der Waals surface area contributed by atoms with E-state index < -0.39 is 11.6 Å². The molecule has 1 N–H and O–H groups in total. The molecule has 0 amide bonds. The van der Waals surface area contributed by atoms with Crippen LogP contribution in [-0.2, 0) is 0 Å². The highest BCUT2D eigenvalue weighted by Gasteiger charge is 2.16. The molecule has 1 nitrogen and oxygen atoms in total. The number of hydrogen-bond acceptors (Lipinski definition) is 1. The third kappa shape index (κ3) is 2.75. The standard InChI is InChI=1S/C11H14BrF2N/c1-3-4-9(15-2)7-5-6-8(13)11(14)10(7)12/h5-6,9,15H,3-4H2,1-2H3. The predicted molar refractivity (Wildman–Crippen MR) is 60.8 cm³/mol. The summed E-state index contributed by atoms with van der Waals surface area (Å²) in [4.78, 5) is 0. The number of benzene rings is 1. The van der Waals surface area contributed by atoms with Crippen LogP contribution in [-0.4, -0.2) is 7.05 Å². The van der Waals surface area contributed by atoms with Gasteiger partial charge in [0.1, 0.15) is 0 Å². The lowest BCUT2D eigenvalue weighted by atomic mass is 10.0. The van der Waals surface area contributed by atoms with Crippen LogP contribution < -0.4 is 5.32 Å². The third-order valence-corrected chi connectivity index (χ3v) is 3.17. The van der Waals surface area contributed by atoms with Gasteiger partial charge < -0.3 is 5.32 Å². The van der Waals surface area contributed by atoms with E-state index >= 15 is 0 Å². The van der Waals surface area contributed by atoms with E-state index in [4.69, 9.17) is 0 Å². The zero-order chi connectivity index (χ0) is 11.4. The summed E-state index contributed by atoms with van der Waals surface area (Å²) < 4.78 is 26.4. The monoisotopic (exact) mass is 277 g/mol. The molecule has 0 aliphatic carbocycles. The van der Waals surface area contributed by atoms with Crippen LogP contribution in [0.25, 0.3) is 0 Å². The maximum absolute atomic E-state index is 13.3. The van der Waals surface area contributed by atoms with Gasteiger partial charge in [0.15, 0.2) is 11.6 Å². The second-order valence-electron chi connectivity index (χ2n) is 3.39. The molecular formula is C11H14BrF2N. The smallest absolute Gasteiger partial charge is 0.173 e. The van der Waals surface area contributed by atoms with Crippen LogP contribution in [0.4, 0.5) is 8.78 Å². The Morgan fingerprint density at radius 3 is 2.60 bits per heavy atom. The van der Waals surface area contributed by atoms with Gasteiger partial charge in [-0.15, -0.1) is 0 Å². The summed E-state index contributed by atoms with van der Waals surface area (Å²) in [6.45, 7) is 2.05. The molecule has 4 heteroatoms. The van der Waals surface area contributed by atoms with Crippen molar-refractivity contribution in [2.24, 2.45) is 0 Å². The third-order valence-electron chi connectivity index (χ3n) is 2.37. The first-order valence-corrected chi connectivity index (χ1v) is 5.71. The predicted octanol–water partition coefficient (Wildman–Crippen LogP) is 3.79. The fraction of sp³-hybridized carbons (Fsp3) is 0.455. The van der Waals surface area contributed by atoms with E-state index in [0.29, 0.717) is 0 Å². The minimum atomic E-state index is -0.822. The zero-order valence-corrected chi connectivity index (χ0v) is 10.4. The molecule has 0 radical (unpaired) electrons. The molecule has 0 saturated carbocycles. The molecule has 1 atom stereocenters. The fourth-order valence-corrected chi connectivity index (χ4v) is 2.15. The van der Waals surface area contributed by atoms with E-state index in [2.05, 4.69) is 28.2 Å². The summed E-state index contributed by atoms with van der Waals surface area (Å²) in [6.07, 6.45) is 1.87. The van der Waals surface area contributed by atoms with Gasteiger partial charge >= 0.3 is 0 Å². The molecule has 0 spiro atoms. The summed E-state index contributed by atoms with van der Waals surface area (Å²) in [5, 5.41) is 3.09. The van der Waals surface area contributed by atoms with Crippen LogP contribution in [0.5, 0.6) is 0 Å². The highest BCUT2D eigenvalue weighted by Crippen LogP contribution is 2.29. The lowest BCUT2D eigenvalue weighted by molar-refractivity contribution is 0.489. The summed E-state index contributed by atoms with van der Waals surface area (Å²) >= 11 is 3.09. The second-order valence-corrected chi connectivity index (χ2v) is 4.19. The summed E-state index contributed by atoms with van der Waals surface area (Å²) in [5.41, 5.74) is 0.762. The minimum absolute atomic E-state index is 0.0551. The van der Waals surface area contributed by atoms with Crippen LogP contribution >= 0.6 is 15.9 Å². The summed E-state index contributed by atoms with van der Waals surface area (Å²) in [5.74, 6) is -1.64. The van der Waals surface area contributed by atoms with Crippen molar-refractivity contribution in [1.29, 1.82) is 0 Å². The Morgan fingerprint density at radius 1 is 1.40 bits per heavy atom. The van der Waals surface area contributed by atoms with Crippen LogP contribution in [0.15, 0.2) is 16.6 Å². The number of halogens is 3. The first-order chi connectivity index (χ1) is 7.11. The van der Waals surface area contributed by atoms with Crippen LogP contribution in [0.3, 0.4) is 0 Å². The quantitative estimate of drug-likeness (QED) is 0.826. The van der Waals surface area contributed by atoms with Gasteiger partial charge in [0.05, 0.1) is 4.47 Å². The van der Waals surface area contributed by atoms with E-state index in [9.17, 15) is 8.78 Å². The maximum atomic E-state index is 13.3. The number of hydrogen-bond donors (Lipinski definition) is 1. The molecular weight excluding hydrogens is 264 g/mol. The van der Waals surface area contributed by atoms with E-state index in [1.165, 1.54) is 0 Å². The lowest BCUT2D eigenvalue weighted by Crippen LogP contribution is -2.17. The van der Waals surface area contributed by atoms with Gasteiger partial charge in [-0.25, -0.2) is 8.78 Å². The Balaban J connectivity index is 3.07. The van der Waals surface area contributed by atoms with Crippen LogP contribution in [0.1, 0.15) is 31.4 Å². The number of rotatable bonds is 4. The van der Waals surface area contributed by atoms with Gasteiger partial charge in [-0.3, -0.25) is 0 Å². The second kappa shape index (κ2) is 5.56. The molecule has 1 rings (SSSR count). The Hall–Kier alpha value is -0.480. The summed E-state index contributed by atoms with van der Waals surface area (Å²) in [6, 6.07) is 2.83. The highest BCUT2D eigenvalue weighted by atomic mass is 79.9. The van der Waals surface area contributed by atoms with Gasteiger partial charge in [0.25, 0.3) is 0 Å². The van der Waals surface area contributed by atoms with E-state index in [1.807, 2.05) is 7.05 Å². The Kier molecular flexibility index (Phi) is 4.67. The van der Waals surface area contributed by atoms with E-state index in [1.54, 1.807) is 6.07 Å². The van der Waals surface area contributed by atoms with Crippen molar-refractivity contribution in [3.8, 4) is 0 Å². The first-order valence-electron chi connectivity index (χ1n) is 4.92. The molecule has 0 aliphatic rings. The molecule has 1 unspecified atom stereocenters. The average molecular weight is 278 g/mol. The van der Waals surface area contributed by atoms with Crippen molar-refractivity contribution >= 4 is 15.9 Å². The largest absolute Gasteiger partial charge is 0.313 e. The van der Waals surface area contributed by atoms with E-state index in [0.717, 1.165) is 24.5 Å². The number of nitrogens with one attached hydrogen (secondary N) is 1. The van der Waals surface area contributed by atoms with Gasteiger partial charge in [-0.2, -0.15) is 0 Å². The molecule has 15 heavy (non-hydrogen) atoms. The first kappa shape index (κ1) is 12.6. The Bertz CT molecular complexity index is 342. The molecule has 0 fully saturated rings. The molecule has 0 aromatic heterocycles. The van der Waals surface area contributed by atoms with Gasteiger partial charge in [-0.1, -0.05) is 19.4 Å². The topological polar surface area (TPSA) is 12.0 Å². The molecule has 0 bridgehead atoms. The highest BCUT2D eigenvalue weighted by molar-refractivity contribution is 9.10. The van der Waals surface area contributed by atoms with Crippen LogP contribution in [0.2, 0.25) is 0 Å². The Labute approximate surface area is 97.0 Å². The molecule has 1 aromatic rings. The molecule has 0 saturated heterocycles. The van der Waals surface area contributed by atoms with Crippen molar-refractivity contribution in [3.05, 3.63) is 33.8 Å². The molecule has 84 valence electrons. The Morgan fingerprint density at radius 2 is 2.07 bits per heavy atom. The zero-order valence-electron chi connectivity index (χ0n) is 8.78. The molecule has 0 aliphatic heterocycles. The van der Waals surface area contributed by atoms with Crippen molar-refractivity contribution < 1.29 is 8.78 Å². The van der Waals surface area contributed by atoms with E-state index in [-0.39, 0.29) is 10.5 Å². The van der Waals surface area contributed by atoms with Gasteiger partial charge in [-0.05, 0) is 41.0 Å². The van der Waals surface area contributed by atoms with Crippen molar-refractivity contribution in [2.75, 3.05) is 7.05 Å². The van der Waals surface area contributed by atoms with Crippen molar-refractivity contribution in [2.45, 2.75) is 25.8 Å². The van der Waals surface area contributed by atoms with Crippen LogP contribution in [0, 0.1) is 11.6 Å². The molecule has 0 heterocycles. The van der Waals surface area contributed by atoms with Crippen molar-refractivity contribution in [3.63, 3.8) is 0 Å². The van der Waals surface area contributed by atoms with Gasteiger partial charge in [0.2, 0.25) is 0 Å². The summed E-state index contributed by atoms with van der Waals surface area (Å²) in [7, 11) is 1.81. The van der Waals surface area contributed by atoms with Gasteiger partial charge in [0, 0.05) is 6.04 Å². The normalized spacial score (nSPS) is 12.9. The minimum Gasteiger partial charge on any atom is -0.313 e. The average Bonchev–Trinajstić information content (AvgIpc) is 2.24. The maximum Gasteiger partial charge on any atom is 0.173 e. The van der Waals surface area contributed by atoms with Crippen molar-refractivity contribution in [1.82, 2.24) is 5.32 Å². The lowest BCUT2D eigenvalue weighted by Gasteiger charge is -2.17. The SMILES string of the molecule is CCCC(NC)c1ccc(F)c(F)c1Br. The molecule has 1 aromatic carbocycles. The fourth-order valence-electron chi connectivity index (χ4n) is 1.55.